The van der Waals surface area contributed by atoms with Gasteiger partial charge in [0.15, 0.2) is 0 Å². The molecule has 0 spiro atoms. The van der Waals surface area contributed by atoms with Crippen molar-refractivity contribution in [1.29, 1.82) is 0 Å². The van der Waals surface area contributed by atoms with Gasteiger partial charge in [0.25, 0.3) is 5.56 Å². The first-order chi connectivity index (χ1) is 11.9. The van der Waals surface area contributed by atoms with Crippen LogP contribution in [0.5, 0.6) is 5.88 Å². The van der Waals surface area contributed by atoms with E-state index in [4.69, 9.17) is 4.74 Å². The molecule has 1 N–H and O–H groups in total. The van der Waals surface area contributed by atoms with Crippen LogP contribution in [0.25, 0.3) is 12.7 Å². The fourth-order valence-corrected chi connectivity index (χ4v) is 2.85. The summed E-state index contributed by atoms with van der Waals surface area (Å²) in [6.45, 7) is 9.69. The molecule has 0 unspecified atom stereocenters. The highest BCUT2D eigenvalue weighted by Crippen LogP contribution is 2.15. The number of carbonyl (C=O) groups is 1. The fourth-order valence-electron chi connectivity index (χ4n) is 2.05. The van der Waals surface area contributed by atoms with Crippen molar-refractivity contribution in [3.05, 3.63) is 56.1 Å². The molecule has 0 saturated carbocycles. The van der Waals surface area contributed by atoms with Crippen LogP contribution >= 0.6 is 11.5 Å². The molecule has 7 heteroatoms. The summed E-state index contributed by atoms with van der Waals surface area (Å²) < 4.78 is 7.23. The predicted octanol–water partition coefficient (Wildman–Crippen LogP) is 1.62. The molecule has 0 aliphatic carbocycles. The summed E-state index contributed by atoms with van der Waals surface area (Å²) >= 11 is 1.02. The van der Waals surface area contributed by atoms with E-state index in [1.54, 1.807) is 30.5 Å². The van der Waals surface area contributed by atoms with E-state index in [-0.39, 0.29) is 18.2 Å². The number of amides is 1. The van der Waals surface area contributed by atoms with Gasteiger partial charge in [0.05, 0.1) is 15.9 Å². The molecule has 2 aromatic rings. The maximum Gasteiger partial charge on any atom is 0.338 e. The van der Waals surface area contributed by atoms with Crippen LogP contribution < -0.4 is 25.4 Å². The number of hydrogen-bond donors (Lipinski definition) is 1. The van der Waals surface area contributed by atoms with Crippen molar-refractivity contribution < 1.29 is 9.53 Å². The van der Waals surface area contributed by atoms with Crippen molar-refractivity contribution in [2.24, 2.45) is 0 Å². The molecule has 0 radical (unpaired) electrons. The zero-order valence-electron chi connectivity index (χ0n) is 14.5. The Bertz CT molecular complexity index is 941. The molecule has 132 valence electrons. The lowest BCUT2D eigenvalue weighted by molar-refractivity contribution is 0.228. The smallest absolute Gasteiger partial charge is 0.338 e. The average molecular weight is 359 g/mol. The average Bonchev–Trinajstić information content (AvgIpc) is 2.86. The van der Waals surface area contributed by atoms with Gasteiger partial charge < -0.3 is 10.1 Å². The Hall–Kier alpha value is -2.67. The van der Waals surface area contributed by atoms with E-state index in [2.05, 4.69) is 16.9 Å². The molecular formula is C18H21N3O3S. The molecular weight excluding hydrogens is 338 g/mol. The summed E-state index contributed by atoms with van der Waals surface area (Å²) in [4.78, 5) is 28.9. The molecule has 25 heavy (non-hydrogen) atoms. The van der Waals surface area contributed by atoms with Gasteiger partial charge in [-0.1, -0.05) is 24.8 Å². The predicted molar refractivity (Wildman–Crippen MR) is 100 cm³/mol. The summed E-state index contributed by atoms with van der Waals surface area (Å²) in [6, 6.07) is 3.09. The number of ether oxygens (including phenoxy) is 1. The van der Waals surface area contributed by atoms with Gasteiger partial charge in [0.2, 0.25) is 5.88 Å². The maximum atomic E-state index is 12.4. The standard InChI is InChI=1S/C18H21N3O3S/c1-5-6-9-15-13(4)25-21(17(15)22)18(23)20-11-14-8-7-10-19-16(14)24-12(2)3/h5-10,12H,4,11H2,1-3H3,(H,20,23)/b6-5-,15-9+. The van der Waals surface area contributed by atoms with Crippen molar-refractivity contribution in [3.63, 3.8) is 0 Å². The number of allylic oxidation sites excluding steroid dienone is 2. The monoisotopic (exact) mass is 359 g/mol. The van der Waals surface area contributed by atoms with Crippen molar-refractivity contribution >= 4 is 30.2 Å². The highest BCUT2D eigenvalue weighted by Gasteiger charge is 2.13. The summed E-state index contributed by atoms with van der Waals surface area (Å²) in [5, 5.41) is 3.14. The van der Waals surface area contributed by atoms with Crippen molar-refractivity contribution in [2.75, 3.05) is 0 Å². The van der Waals surface area contributed by atoms with Crippen molar-refractivity contribution in [3.8, 4) is 5.88 Å². The quantitative estimate of drug-likeness (QED) is 0.880. The molecule has 2 rings (SSSR count). The third-order valence-corrected chi connectivity index (χ3v) is 4.14. The van der Waals surface area contributed by atoms with Gasteiger partial charge in [-0.3, -0.25) is 4.79 Å². The van der Waals surface area contributed by atoms with Crippen molar-refractivity contribution in [2.45, 2.75) is 33.4 Å². The number of nitrogens with zero attached hydrogens (tertiary/aromatic N) is 2. The van der Waals surface area contributed by atoms with Crippen LogP contribution in [0.4, 0.5) is 4.79 Å². The number of carbonyl (C=O) groups excluding carboxylic acids is 1. The van der Waals surface area contributed by atoms with Gasteiger partial charge in [-0.2, -0.15) is 3.96 Å². The number of rotatable bonds is 5. The second-order valence-electron chi connectivity index (χ2n) is 5.51. The summed E-state index contributed by atoms with van der Waals surface area (Å²) in [7, 11) is 0. The van der Waals surface area contributed by atoms with Crippen LogP contribution in [0, 0.1) is 0 Å². The lowest BCUT2D eigenvalue weighted by Gasteiger charge is -2.13. The van der Waals surface area contributed by atoms with E-state index >= 15 is 0 Å². The molecule has 2 aromatic heterocycles. The molecule has 0 saturated heterocycles. The van der Waals surface area contributed by atoms with E-state index < -0.39 is 6.03 Å². The van der Waals surface area contributed by atoms with Crippen LogP contribution in [0.1, 0.15) is 26.3 Å². The summed E-state index contributed by atoms with van der Waals surface area (Å²) in [5.74, 6) is 0.469. The zero-order valence-corrected chi connectivity index (χ0v) is 15.3. The molecule has 0 aliphatic rings. The number of hydrogen-bond acceptors (Lipinski definition) is 5. The molecule has 0 aliphatic heterocycles. The van der Waals surface area contributed by atoms with Gasteiger partial charge in [-0.05, 0) is 44.4 Å². The normalized spacial score (nSPS) is 12.1. The van der Waals surface area contributed by atoms with Gasteiger partial charge in [0, 0.05) is 18.3 Å². The first kappa shape index (κ1) is 18.7. The Labute approximate surface area is 149 Å². The lowest BCUT2D eigenvalue weighted by Crippen LogP contribution is -2.39. The van der Waals surface area contributed by atoms with Gasteiger partial charge >= 0.3 is 6.03 Å². The molecule has 1 amide bonds. The van der Waals surface area contributed by atoms with E-state index in [0.717, 1.165) is 21.1 Å². The lowest BCUT2D eigenvalue weighted by atomic mass is 10.2. The molecule has 0 bridgehead atoms. The SMILES string of the molecule is C=c1sn(C(=O)NCc2cccnc2OC(C)C)c(=O)/c1=C/C=C\C. The van der Waals surface area contributed by atoms with Crippen LogP contribution in [-0.2, 0) is 6.54 Å². The second kappa shape index (κ2) is 8.43. The van der Waals surface area contributed by atoms with Crippen LogP contribution in [0.3, 0.4) is 0 Å². The van der Waals surface area contributed by atoms with Crippen LogP contribution in [-0.4, -0.2) is 21.1 Å². The Kier molecular flexibility index (Phi) is 6.30. The van der Waals surface area contributed by atoms with Crippen molar-refractivity contribution in [1.82, 2.24) is 14.3 Å². The Morgan fingerprint density at radius 2 is 2.28 bits per heavy atom. The first-order valence-electron chi connectivity index (χ1n) is 7.87. The van der Waals surface area contributed by atoms with Gasteiger partial charge in [0.1, 0.15) is 0 Å². The summed E-state index contributed by atoms with van der Waals surface area (Å²) in [6.07, 6.45) is 6.81. The minimum atomic E-state index is -0.501. The highest BCUT2D eigenvalue weighted by atomic mass is 32.1. The van der Waals surface area contributed by atoms with E-state index in [0.29, 0.717) is 15.6 Å². The second-order valence-corrected chi connectivity index (χ2v) is 6.55. The van der Waals surface area contributed by atoms with Crippen LogP contribution in [0.15, 0.2) is 35.3 Å². The maximum absolute atomic E-state index is 12.4. The zero-order chi connectivity index (χ0) is 18.4. The summed E-state index contributed by atoms with van der Waals surface area (Å²) in [5.41, 5.74) is 0.361. The molecule has 6 nitrogen and oxygen atoms in total. The van der Waals surface area contributed by atoms with E-state index in [1.165, 1.54) is 0 Å². The highest BCUT2D eigenvalue weighted by molar-refractivity contribution is 7.05. The Morgan fingerprint density at radius 3 is 2.96 bits per heavy atom. The topological polar surface area (TPSA) is 73.2 Å². The van der Waals surface area contributed by atoms with Gasteiger partial charge in [-0.25, -0.2) is 9.78 Å². The first-order valence-corrected chi connectivity index (χ1v) is 8.64. The Morgan fingerprint density at radius 1 is 1.52 bits per heavy atom. The largest absolute Gasteiger partial charge is 0.475 e. The minimum Gasteiger partial charge on any atom is -0.475 e. The number of aromatic nitrogens is 2. The van der Waals surface area contributed by atoms with Crippen LogP contribution in [0.2, 0.25) is 0 Å². The molecule has 0 atom stereocenters. The van der Waals surface area contributed by atoms with Gasteiger partial charge in [-0.15, -0.1) is 0 Å². The minimum absolute atomic E-state index is 0.0253. The number of pyridine rings is 1. The molecule has 0 aromatic carbocycles. The molecule has 0 fully saturated rings. The number of nitrogens with one attached hydrogen (secondary N) is 1. The van der Waals surface area contributed by atoms with E-state index in [9.17, 15) is 9.59 Å². The third-order valence-electron chi connectivity index (χ3n) is 3.18. The fraction of sp³-hybridized carbons (Fsp3) is 0.278. The molecule has 2 heterocycles. The Balaban J connectivity index is 2.20. The van der Waals surface area contributed by atoms with E-state index in [1.807, 2.05) is 26.8 Å². The third kappa shape index (κ3) is 4.67.